The smallest absolute Gasteiger partial charge is 0.306 e. The largest absolute Gasteiger partial charge is 0.490 e. The lowest BCUT2D eigenvalue weighted by Gasteiger charge is -2.27. The maximum Gasteiger partial charge on any atom is 0.306 e. The molecule has 0 aliphatic heterocycles. The van der Waals surface area contributed by atoms with E-state index >= 15 is 0 Å². The third kappa shape index (κ3) is 7.43. The van der Waals surface area contributed by atoms with E-state index in [4.69, 9.17) is 9.84 Å². The van der Waals surface area contributed by atoms with Gasteiger partial charge >= 0.3 is 5.97 Å². The first-order valence-electron chi connectivity index (χ1n) is 13.6. The molecular formula is C30H36N2O6. The number of benzene rings is 2. The van der Waals surface area contributed by atoms with Gasteiger partial charge in [-0.3, -0.25) is 19.2 Å². The summed E-state index contributed by atoms with van der Waals surface area (Å²) < 4.78 is 5.95. The molecule has 2 aliphatic carbocycles. The molecule has 0 heterocycles. The second-order valence-corrected chi connectivity index (χ2v) is 10.3. The lowest BCUT2D eigenvalue weighted by Crippen LogP contribution is -2.39. The van der Waals surface area contributed by atoms with Crippen molar-refractivity contribution in [3.05, 3.63) is 65.7 Å². The number of ketones is 1. The quantitative estimate of drug-likeness (QED) is 0.318. The summed E-state index contributed by atoms with van der Waals surface area (Å²) in [4.78, 5) is 48.7. The number of nitrogens with one attached hydrogen (secondary N) is 2. The fourth-order valence-electron chi connectivity index (χ4n) is 5.37. The lowest BCUT2D eigenvalue weighted by atomic mass is 9.78. The average Bonchev–Trinajstić information content (AvgIpc) is 2.96. The van der Waals surface area contributed by atoms with Crippen LogP contribution in [-0.2, 0) is 9.59 Å². The number of aliphatic carboxylic acids is 1. The zero-order valence-electron chi connectivity index (χ0n) is 21.6. The lowest BCUT2D eigenvalue weighted by molar-refractivity contribution is -0.143. The SMILES string of the molecule is O=C(NCCNC(=O)[C@H]1CC[C@H](C(=O)c2ccccc2)CC1)c1ccc(O[C@H]2CC[C@@H](C(=O)O)CC2)cc1. The van der Waals surface area contributed by atoms with Crippen LogP contribution < -0.4 is 15.4 Å². The van der Waals surface area contributed by atoms with Crippen molar-refractivity contribution in [2.45, 2.75) is 57.5 Å². The number of hydrogen-bond donors (Lipinski definition) is 3. The van der Waals surface area contributed by atoms with Gasteiger partial charge in [0.1, 0.15) is 5.75 Å². The van der Waals surface area contributed by atoms with Gasteiger partial charge in [-0.15, -0.1) is 0 Å². The molecule has 0 aromatic heterocycles. The highest BCUT2D eigenvalue weighted by Crippen LogP contribution is 2.31. The molecule has 0 radical (unpaired) electrons. The van der Waals surface area contributed by atoms with E-state index in [1.807, 2.05) is 30.3 Å². The average molecular weight is 521 g/mol. The van der Waals surface area contributed by atoms with Crippen molar-refractivity contribution in [2.75, 3.05) is 13.1 Å². The normalized spacial score (nSPS) is 23.2. The summed E-state index contributed by atoms with van der Waals surface area (Å²) in [6, 6.07) is 16.2. The van der Waals surface area contributed by atoms with Crippen LogP contribution >= 0.6 is 0 Å². The number of carboxylic acids is 1. The Labute approximate surface area is 223 Å². The summed E-state index contributed by atoms with van der Waals surface area (Å²) in [7, 11) is 0. The molecule has 0 atom stereocenters. The van der Waals surface area contributed by atoms with Crippen molar-refractivity contribution in [1.29, 1.82) is 0 Å². The molecule has 202 valence electrons. The molecule has 2 aromatic carbocycles. The Morgan fingerprint density at radius 3 is 1.89 bits per heavy atom. The van der Waals surface area contributed by atoms with Crippen LogP contribution in [0.5, 0.6) is 5.75 Å². The van der Waals surface area contributed by atoms with Crippen LogP contribution in [0.3, 0.4) is 0 Å². The monoisotopic (exact) mass is 520 g/mol. The maximum atomic E-state index is 12.6. The molecule has 0 unspecified atom stereocenters. The highest BCUT2D eigenvalue weighted by Gasteiger charge is 2.30. The number of carbonyl (C=O) groups is 4. The van der Waals surface area contributed by atoms with Gasteiger partial charge in [-0.2, -0.15) is 0 Å². The summed E-state index contributed by atoms with van der Waals surface area (Å²) in [6.07, 6.45) is 5.45. The molecule has 0 bridgehead atoms. The van der Waals surface area contributed by atoms with Crippen molar-refractivity contribution < 1.29 is 29.0 Å². The van der Waals surface area contributed by atoms with E-state index in [1.54, 1.807) is 24.3 Å². The molecule has 8 heteroatoms. The minimum Gasteiger partial charge on any atom is -0.490 e. The molecule has 2 saturated carbocycles. The van der Waals surface area contributed by atoms with Crippen molar-refractivity contribution >= 4 is 23.6 Å². The van der Waals surface area contributed by atoms with Crippen molar-refractivity contribution in [2.24, 2.45) is 17.8 Å². The summed E-state index contributed by atoms with van der Waals surface area (Å²) >= 11 is 0. The molecule has 0 saturated heterocycles. The fraction of sp³-hybridized carbons (Fsp3) is 0.467. The highest BCUT2D eigenvalue weighted by molar-refractivity contribution is 5.98. The Balaban J connectivity index is 1.12. The van der Waals surface area contributed by atoms with E-state index in [0.717, 1.165) is 5.56 Å². The van der Waals surface area contributed by atoms with Gasteiger partial charge in [0.25, 0.3) is 5.91 Å². The van der Waals surface area contributed by atoms with Crippen molar-refractivity contribution in [1.82, 2.24) is 10.6 Å². The third-order valence-corrected chi connectivity index (χ3v) is 7.68. The number of ether oxygens (including phenoxy) is 1. The summed E-state index contributed by atoms with van der Waals surface area (Å²) in [5, 5.41) is 14.8. The summed E-state index contributed by atoms with van der Waals surface area (Å²) in [5.74, 6) is -0.574. The predicted molar refractivity (Wildman–Crippen MR) is 142 cm³/mol. The van der Waals surface area contributed by atoms with E-state index in [1.165, 1.54) is 0 Å². The molecule has 4 rings (SSSR count). The third-order valence-electron chi connectivity index (χ3n) is 7.68. The van der Waals surface area contributed by atoms with E-state index in [-0.39, 0.29) is 41.5 Å². The number of hydrogen-bond acceptors (Lipinski definition) is 5. The molecule has 38 heavy (non-hydrogen) atoms. The second-order valence-electron chi connectivity index (χ2n) is 10.3. The first-order chi connectivity index (χ1) is 18.4. The van der Waals surface area contributed by atoms with Crippen LogP contribution in [0.1, 0.15) is 72.1 Å². The van der Waals surface area contributed by atoms with Gasteiger partial charge in [-0.25, -0.2) is 0 Å². The van der Waals surface area contributed by atoms with Crippen LogP contribution in [0.4, 0.5) is 0 Å². The minimum absolute atomic E-state index is 0.00621. The number of carbonyl (C=O) groups excluding carboxylic acids is 3. The van der Waals surface area contributed by atoms with Crippen LogP contribution in [0.25, 0.3) is 0 Å². The predicted octanol–water partition coefficient (Wildman–Crippen LogP) is 4.24. The topological polar surface area (TPSA) is 122 Å². The number of rotatable bonds is 10. The number of carboxylic acid groups (broad SMARTS) is 1. The second kappa shape index (κ2) is 13.2. The molecular weight excluding hydrogens is 484 g/mol. The maximum absolute atomic E-state index is 12.6. The number of amides is 2. The standard InChI is InChI=1S/C30H36N2O6/c33-27(20-4-2-1-3-5-20)21-6-8-22(9-7-21)28(34)31-18-19-32-29(35)23-10-14-25(15-11-23)38-26-16-12-24(13-17-26)30(36)37/h1-5,10-11,14-15,21-22,24,26H,6-9,12-13,16-19H2,(H,31,34)(H,32,35)(H,36,37)/t21-,22-,24-,26+. The highest BCUT2D eigenvalue weighted by atomic mass is 16.5. The van der Waals surface area contributed by atoms with Crippen LogP contribution in [0, 0.1) is 17.8 Å². The van der Waals surface area contributed by atoms with Crippen molar-refractivity contribution in [3.63, 3.8) is 0 Å². The Hall–Kier alpha value is -3.68. The molecule has 3 N–H and O–H groups in total. The Kier molecular flexibility index (Phi) is 9.51. The first kappa shape index (κ1) is 27.4. The molecule has 2 aromatic rings. The van der Waals surface area contributed by atoms with Crippen LogP contribution in [-0.4, -0.2) is 47.9 Å². The molecule has 8 nitrogen and oxygen atoms in total. The molecule has 2 amide bonds. The van der Waals surface area contributed by atoms with Gasteiger partial charge in [0, 0.05) is 36.1 Å². The zero-order valence-corrected chi connectivity index (χ0v) is 21.6. The summed E-state index contributed by atoms with van der Waals surface area (Å²) in [5.41, 5.74) is 1.23. The van der Waals surface area contributed by atoms with Gasteiger partial charge in [-0.1, -0.05) is 30.3 Å². The Morgan fingerprint density at radius 2 is 1.26 bits per heavy atom. The van der Waals surface area contributed by atoms with Gasteiger partial charge in [-0.05, 0) is 75.6 Å². The van der Waals surface area contributed by atoms with E-state index in [9.17, 15) is 19.2 Å². The van der Waals surface area contributed by atoms with Gasteiger partial charge in [0.15, 0.2) is 5.78 Å². The zero-order chi connectivity index (χ0) is 26.9. The van der Waals surface area contributed by atoms with Crippen LogP contribution in [0.2, 0.25) is 0 Å². The van der Waals surface area contributed by atoms with E-state index < -0.39 is 5.97 Å². The van der Waals surface area contributed by atoms with Gasteiger partial charge in [0.05, 0.1) is 12.0 Å². The molecule has 0 spiro atoms. The van der Waals surface area contributed by atoms with Gasteiger partial charge in [0.2, 0.25) is 5.91 Å². The van der Waals surface area contributed by atoms with Gasteiger partial charge < -0.3 is 20.5 Å². The molecule has 2 aliphatic rings. The Bertz CT molecular complexity index is 1100. The van der Waals surface area contributed by atoms with E-state index in [0.29, 0.717) is 75.8 Å². The first-order valence-corrected chi connectivity index (χ1v) is 13.6. The molecule has 2 fully saturated rings. The summed E-state index contributed by atoms with van der Waals surface area (Å²) in [6.45, 7) is 0.658. The fourth-order valence-corrected chi connectivity index (χ4v) is 5.37. The Morgan fingerprint density at radius 1 is 0.684 bits per heavy atom. The minimum atomic E-state index is -0.738. The van der Waals surface area contributed by atoms with E-state index in [2.05, 4.69) is 10.6 Å². The van der Waals surface area contributed by atoms with Crippen LogP contribution in [0.15, 0.2) is 54.6 Å². The number of Topliss-reactive ketones (excluding diaryl/α,β-unsaturated/α-hetero) is 1. The van der Waals surface area contributed by atoms with Crippen molar-refractivity contribution in [3.8, 4) is 5.75 Å².